The van der Waals surface area contributed by atoms with Crippen LogP contribution in [-0.2, 0) is 6.54 Å². The molecule has 4 heteroatoms. The van der Waals surface area contributed by atoms with Crippen LogP contribution in [-0.4, -0.2) is 11.5 Å². The van der Waals surface area contributed by atoms with Gasteiger partial charge in [-0.2, -0.15) is 0 Å². The molecule has 0 saturated carbocycles. The van der Waals surface area contributed by atoms with E-state index in [9.17, 15) is 4.39 Å². The lowest BCUT2D eigenvalue weighted by Gasteiger charge is -2.23. The molecule has 1 aromatic heterocycles. The molecule has 2 nitrogen and oxygen atoms in total. The van der Waals surface area contributed by atoms with Crippen molar-refractivity contribution in [1.82, 2.24) is 4.98 Å². The second kappa shape index (κ2) is 5.83. The van der Waals surface area contributed by atoms with Gasteiger partial charge in [0.2, 0.25) is 0 Å². The van der Waals surface area contributed by atoms with Crippen LogP contribution in [0.2, 0.25) is 5.02 Å². The van der Waals surface area contributed by atoms with Crippen LogP contribution in [0.1, 0.15) is 12.6 Å². The molecule has 0 N–H and O–H groups in total. The predicted molar refractivity (Wildman–Crippen MR) is 72.4 cm³/mol. The van der Waals surface area contributed by atoms with Gasteiger partial charge in [-0.25, -0.2) is 4.39 Å². The summed E-state index contributed by atoms with van der Waals surface area (Å²) in [6, 6.07) is 10.3. The molecule has 0 fully saturated rings. The Labute approximate surface area is 111 Å². The van der Waals surface area contributed by atoms with Crippen molar-refractivity contribution in [2.24, 2.45) is 0 Å². The lowest BCUT2D eigenvalue weighted by atomic mass is 10.2. The lowest BCUT2D eigenvalue weighted by molar-refractivity contribution is 0.617. The molecule has 0 unspecified atom stereocenters. The summed E-state index contributed by atoms with van der Waals surface area (Å²) in [5.41, 5.74) is 1.41. The third-order valence-corrected chi connectivity index (χ3v) is 2.94. The Morgan fingerprint density at radius 2 is 2.06 bits per heavy atom. The Kier molecular flexibility index (Phi) is 4.15. The molecule has 0 aliphatic rings. The highest BCUT2D eigenvalue weighted by molar-refractivity contribution is 6.30. The molecule has 1 heterocycles. The monoisotopic (exact) mass is 264 g/mol. The van der Waals surface area contributed by atoms with Crippen LogP contribution in [0.5, 0.6) is 0 Å². The number of anilines is 1. The first-order valence-electron chi connectivity index (χ1n) is 5.80. The molecule has 0 saturated heterocycles. The highest BCUT2D eigenvalue weighted by Crippen LogP contribution is 2.20. The second-order valence-electron chi connectivity index (χ2n) is 3.93. The number of hydrogen-bond acceptors (Lipinski definition) is 2. The normalized spacial score (nSPS) is 10.4. The van der Waals surface area contributed by atoms with Gasteiger partial charge in [-0.3, -0.25) is 4.98 Å². The van der Waals surface area contributed by atoms with Crippen molar-refractivity contribution in [1.29, 1.82) is 0 Å². The van der Waals surface area contributed by atoms with Gasteiger partial charge >= 0.3 is 0 Å². The molecule has 0 bridgehead atoms. The summed E-state index contributed by atoms with van der Waals surface area (Å²) < 4.78 is 13.7. The minimum Gasteiger partial charge on any atom is -0.364 e. The van der Waals surface area contributed by atoms with Gasteiger partial charge in [0.15, 0.2) is 0 Å². The maximum Gasteiger partial charge on any atom is 0.146 e. The molecule has 94 valence electrons. The minimum atomic E-state index is -0.221. The number of halogens is 2. The first kappa shape index (κ1) is 12.8. The fourth-order valence-electron chi connectivity index (χ4n) is 1.81. The molecule has 0 aliphatic carbocycles. The molecule has 2 aromatic rings. The zero-order chi connectivity index (χ0) is 13.0. The lowest BCUT2D eigenvalue weighted by Crippen LogP contribution is -2.23. The summed E-state index contributed by atoms with van der Waals surface area (Å²) in [6.45, 7) is 3.23. The van der Waals surface area contributed by atoms with Crippen molar-refractivity contribution >= 4 is 17.3 Å². The average molecular weight is 265 g/mol. The van der Waals surface area contributed by atoms with Gasteiger partial charge in [-0.15, -0.1) is 0 Å². The predicted octanol–water partition coefficient (Wildman–Crippen LogP) is 3.90. The van der Waals surface area contributed by atoms with E-state index in [2.05, 4.69) is 4.98 Å². The van der Waals surface area contributed by atoms with Crippen LogP contribution >= 0.6 is 11.6 Å². The summed E-state index contributed by atoms with van der Waals surface area (Å²) in [4.78, 5) is 6.16. The fourth-order valence-corrected chi connectivity index (χ4v) is 1.99. The van der Waals surface area contributed by atoms with Gasteiger partial charge in [0.05, 0.1) is 17.9 Å². The summed E-state index contributed by atoms with van der Waals surface area (Å²) in [5.74, 6) is -0.221. The third-order valence-electron chi connectivity index (χ3n) is 2.71. The van der Waals surface area contributed by atoms with Crippen molar-refractivity contribution in [2.45, 2.75) is 13.5 Å². The summed E-state index contributed by atoms with van der Waals surface area (Å²) in [5, 5.41) is 0.643. The quantitative estimate of drug-likeness (QED) is 0.833. The minimum absolute atomic E-state index is 0.221. The van der Waals surface area contributed by atoms with E-state index in [4.69, 9.17) is 11.6 Å². The maximum atomic E-state index is 13.7. The van der Waals surface area contributed by atoms with Crippen molar-refractivity contribution in [3.63, 3.8) is 0 Å². The second-order valence-corrected chi connectivity index (χ2v) is 4.37. The number of aromatic nitrogens is 1. The first-order valence-corrected chi connectivity index (χ1v) is 6.18. The Hall–Kier alpha value is -1.61. The maximum absolute atomic E-state index is 13.7. The highest BCUT2D eigenvalue weighted by Gasteiger charge is 2.10. The zero-order valence-electron chi connectivity index (χ0n) is 10.1. The molecule has 0 radical (unpaired) electrons. The van der Waals surface area contributed by atoms with Crippen LogP contribution in [0.3, 0.4) is 0 Å². The van der Waals surface area contributed by atoms with Crippen molar-refractivity contribution in [3.05, 3.63) is 59.1 Å². The van der Waals surface area contributed by atoms with Gasteiger partial charge in [-0.1, -0.05) is 23.7 Å². The molecule has 0 amide bonds. The number of pyridine rings is 1. The smallest absolute Gasteiger partial charge is 0.146 e. The largest absolute Gasteiger partial charge is 0.364 e. The Balaban J connectivity index is 2.23. The fraction of sp³-hybridized carbons (Fsp3) is 0.214. The molecular weight excluding hydrogens is 251 g/mol. The third kappa shape index (κ3) is 2.99. The van der Waals surface area contributed by atoms with Gasteiger partial charge in [0.1, 0.15) is 5.82 Å². The van der Waals surface area contributed by atoms with E-state index in [1.54, 1.807) is 30.5 Å². The number of nitrogens with zero attached hydrogens (tertiary/aromatic N) is 2. The Bertz CT molecular complexity index is 531. The number of benzene rings is 1. The van der Waals surface area contributed by atoms with Crippen LogP contribution < -0.4 is 4.90 Å². The molecule has 0 aliphatic heterocycles. The van der Waals surface area contributed by atoms with E-state index in [1.807, 2.05) is 17.9 Å². The molecule has 0 spiro atoms. The van der Waals surface area contributed by atoms with Crippen molar-refractivity contribution in [3.8, 4) is 0 Å². The summed E-state index contributed by atoms with van der Waals surface area (Å²) >= 11 is 5.92. The topological polar surface area (TPSA) is 16.1 Å². The summed E-state index contributed by atoms with van der Waals surface area (Å²) in [7, 11) is 0. The van der Waals surface area contributed by atoms with E-state index >= 15 is 0 Å². The van der Waals surface area contributed by atoms with Gasteiger partial charge in [0.25, 0.3) is 0 Å². The van der Waals surface area contributed by atoms with Crippen LogP contribution in [0, 0.1) is 5.82 Å². The average Bonchev–Trinajstić information content (AvgIpc) is 2.37. The Morgan fingerprint density at radius 3 is 2.72 bits per heavy atom. The van der Waals surface area contributed by atoms with E-state index in [1.165, 1.54) is 6.07 Å². The van der Waals surface area contributed by atoms with E-state index in [0.29, 0.717) is 23.8 Å². The van der Waals surface area contributed by atoms with Crippen LogP contribution in [0.4, 0.5) is 10.1 Å². The Morgan fingerprint density at radius 1 is 1.28 bits per heavy atom. The van der Waals surface area contributed by atoms with Gasteiger partial charge in [-0.05, 0) is 31.2 Å². The molecule has 18 heavy (non-hydrogen) atoms. The highest BCUT2D eigenvalue weighted by atomic mass is 35.5. The summed E-state index contributed by atoms with van der Waals surface area (Å²) in [6.07, 6.45) is 1.66. The standard InChI is InChI=1S/C14H14ClFN2/c1-2-18(14-6-4-3-5-13(14)16)10-12-9-11(15)7-8-17-12/h3-9H,2,10H2,1H3. The van der Waals surface area contributed by atoms with Crippen LogP contribution in [0.15, 0.2) is 42.6 Å². The SMILES string of the molecule is CCN(Cc1cc(Cl)ccn1)c1ccccc1F. The van der Waals surface area contributed by atoms with Crippen molar-refractivity contribution < 1.29 is 4.39 Å². The van der Waals surface area contributed by atoms with E-state index < -0.39 is 0 Å². The van der Waals surface area contributed by atoms with E-state index in [-0.39, 0.29) is 5.82 Å². The zero-order valence-corrected chi connectivity index (χ0v) is 10.9. The molecule has 2 rings (SSSR count). The van der Waals surface area contributed by atoms with Gasteiger partial charge in [0, 0.05) is 17.8 Å². The first-order chi connectivity index (χ1) is 8.70. The number of para-hydroxylation sites is 1. The molecule has 0 atom stereocenters. The van der Waals surface area contributed by atoms with E-state index in [0.717, 1.165) is 5.69 Å². The molecular formula is C14H14ClFN2. The van der Waals surface area contributed by atoms with Crippen LogP contribution in [0.25, 0.3) is 0 Å². The number of rotatable bonds is 4. The van der Waals surface area contributed by atoms with Crippen molar-refractivity contribution in [2.75, 3.05) is 11.4 Å². The van der Waals surface area contributed by atoms with Gasteiger partial charge < -0.3 is 4.90 Å². The molecule has 1 aromatic carbocycles. The number of hydrogen-bond donors (Lipinski definition) is 0.